The summed E-state index contributed by atoms with van der Waals surface area (Å²) >= 11 is 0. The largest absolute Gasteiger partial charge is 0.496 e. The Hall–Kier alpha value is -1.82. The van der Waals surface area contributed by atoms with Crippen LogP contribution in [0, 0.1) is 10.1 Å². The highest BCUT2D eigenvalue weighted by molar-refractivity contribution is 5.64. The maximum Gasteiger partial charge on any atom is 0.296 e. The lowest BCUT2D eigenvalue weighted by molar-refractivity contribution is -0.384. The second-order valence-electron chi connectivity index (χ2n) is 6.00. The third kappa shape index (κ3) is 2.68. The summed E-state index contributed by atoms with van der Waals surface area (Å²) < 4.78 is 5.07. The monoisotopic (exact) mass is 291 g/mol. The molecule has 114 valence electrons. The number of nitrogens with zero attached hydrogens (tertiary/aromatic N) is 2. The second kappa shape index (κ2) is 5.52. The van der Waals surface area contributed by atoms with Gasteiger partial charge in [0.05, 0.1) is 18.1 Å². The second-order valence-corrected chi connectivity index (χ2v) is 6.00. The molecule has 1 aromatic rings. The van der Waals surface area contributed by atoms with Gasteiger partial charge in [-0.3, -0.25) is 10.1 Å². The number of nitrogens with one attached hydrogen (secondary N) is 1. The van der Waals surface area contributed by atoms with Gasteiger partial charge >= 0.3 is 0 Å². The summed E-state index contributed by atoms with van der Waals surface area (Å²) in [6.45, 7) is 0. The van der Waals surface area contributed by atoms with Crippen LogP contribution in [0.25, 0.3) is 0 Å². The van der Waals surface area contributed by atoms with Crippen molar-refractivity contribution in [1.82, 2.24) is 4.90 Å². The first-order valence-corrected chi connectivity index (χ1v) is 7.39. The van der Waals surface area contributed by atoms with Crippen molar-refractivity contribution in [1.29, 1.82) is 0 Å². The number of rotatable bonds is 4. The van der Waals surface area contributed by atoms with Gasteiger partial charge in [-0.2, -0.15) is 0 Å². The molecule has 21 heavy (non-hydrogen) atoms. The first-order chi connectivity index (χ1) is 10.1. The number of hydrogen-bond donors (Lipinski definition) is 1. The van der Waals surface area contributed by atoms with Crippen molar-refractivity contribution in [3.05, 3.63) is 28.3 Å². The number of anilines is 1. The summed E-state index contributed by atoms with van der Waals surface area (Å²) in [5, 5.41) is 14.6. The fourth-order valence-corrected chi connectivity index (χ4v) is 3.66. The summed E-state index contributed by atoms with van der Waals surface area (Å²) in [5.41, 5.74) is 0.676. The third-order valence-corrected chi connectivity index (χ3v) is 4.86. The first kappa shape index (κ1) is 14.1. The van der Waals surface area contributed by atoms with Crippen LogP contribution in [0.5, 0.6) is 5.75 Å². The van der Waals surface area contributed by atoms with Crippen LogP contribution < -0.4 is 10.1 Å². The summed E-state index contributed by atoms with van der Waals surface area (Å²) in [5.74, 6) is 0.510. The van der Waals surface area contributed by atoms with Gasteiger partial charge in [0.25, 0.3) is 5.69 Å². The van der Waals surface area contributed by atoms with Gasteiger partial charge in [-0.15, -0.1) is 0 Å². The van der Waals surface area contributed by atoms with Gasteiger partial charge < -0.3 is 15.0 Å². The standard InChI is InChI=1S/C15H21N3O3/c1-17-11-3-4-12(17)8-10(7-11)16-14-6-5-13(21-2)9-15(14)18(19)20/h5-6,9-12,16H,3-4,7-8H2,1-2H3. The minimum Gasteiger partial charge on any atom is -0.496 e. The Kier molecular flexibility index (Phi) is 3.71. The Morgan fingerprint density at radius 2 is 2.00 bits per heavy atom. The Labute approximate surface area is 124 Å². The zero-order chi connectivity index (χ0) is 15.0. The van der Waals surface area contributed by atoms with Crippen LogP contribution in [0.2, 0.25) is 0 Å². The smallest absolute Gasteiger partial charge is 0.296 e. The number of hydrogen-bond acceptors (Lipinski definition) is 5. The first-order valence-electron chi connectivity index (χ1n) is 7.39. The summed E-state index contributed by atoms with van der Waals surface area (Å²) in [6, 6.07) is 6.52. The molecule has 0 aromatic heterocycles. The van der Waals surface area contributed by atoms with Gasteiger partial charge in [0, 0.05) is 18.1 Å². The number of ether oxygens (including phenoxy) is 1. The lowest BCUT2D eigenvalue weighted by Crippen LogP contribution is -2.44. The van der Waals surface area contributed by atoms with E-state index in [0.29, 0.717) is 29.6 Å². The minimum absolute atomic E-state index is 0.0839. The third-order valence-electron chi connectivity index (χ3n) is 4.86. The van der Waals surface area contributed by atoms with Gasteiger partial charge in [-0.25, -0.2) is 0 Å². The van der Waals surface area contributed by atoms with Crippen LogP contribution >= 0.6 is 0 Å². The van der Waals surface area contributed by atoms with E-state index >= 15 is 0 Å². The summed E-state index contributed by atoms with van der Waals surface area (Å²) in [7, 11) is 3.70. The Bertz CT molecular complexity index is 535. The molecule has 2 bridgehead atoms. The predicted octanol–water partition coefficient (Wildman–Crippen LogP) is 2.64. The highest BCUT2D eigenvalue weighted by atomic mass is 16.6. The Morgan fingerprint density at radius 3 is 2.57 bits per heavy atom. The Balaban J connectivity index is 1.77. The quantitative estimate of drug-likeness (QED) is 0.682. The molecule has 0 saturated carbocycles. The number of benzene rings is 1. The molecule has 6 nitrogen and oxygen atoms in total. The number of nitro benzene ring substituents is 1. The number of methoxy groups -OCH3 is 1. The molecule has 6 heteroatoms. The lowest BCUT2D eigenvalue weighted by atomic mass is 9.97. The fourth-order valence-electron chi connectivity index (χ4n) is 3.66. The predicted molar refractivity (Wildman–Crippen MR) is 80.9 cm³/mol. The van der Waals surface area contributed by atoms with Crippen LogP contribution in [-0.4, -0.2) is 42.1 Å². The topological polar surface area (TPSA) is 67.6 Å². The fraction of sp³-hybridized carbons (Fsp3) is 0.600. The van der Waals surface area contributed by atoms with Gasteiger partial charge in [0.1, 0.15) is 11.4 Å². The highest BCUT2D eigenvalue weighted by Gasteiger charge is 2.38. The number of fused-ring (bicyclic) bond motifs is 2. The number of piperidine rings is 1. The zero-order valence-corrected chi connectivity index (χ0v) is 12.4. The molecule has 2 aliphatic heterocycles. The van der Waals surface area contributed by atoms with E-state index in [9.17, 15) is 10.1 Å². The SMILES string of the molecule is COc1ccc(NC2CC3CCC(C2)N3C)c([N+](=O)[O-])c1. The molecule has 1 aromatic carbocycles. The van der Waals surface area contributed by atoms with E-state index in [2.05, 4.69) is 17.3 Å². The molecule has 1 N–H and O–H groups in total. The normalized spacial score (nSPS) is 28.4. The molecule has 2 aliphatic rings. The van der Waals surface area contributed by atoms with Crippen molar-refractivity contribution in [2.24, 2.45) is 0 Å². The lowest BCUT2D eigenvalue weighted by Gasteiger charge is -2.36. The molecule has 3 rings (SSSR count). The van der Waals surface area contributed by atoms with Crippen molar-refractivity contribution in [2.75, 3.05) is 19.5 Å². The summed E-state index contributed by atoms with van der Waals surface area (Å²) in [6.07, 6.45) is 4.58. The van der Waals surface area contributed by atoms with Crippen molar-refractivity contribution < 1.29 is 9.66 Å². The van der Waals surface area contributed by atoms with Crippen LogP contribution in [0.4, 0.5) is 11.4 Å². The summed E-state index contributed by atoms with van der Waals surface area (Å²) in [4.78, 5) is 13.3. The van der Waals surface area contributed by atoms with E-state index in [0.717, 1.165) is 12.8 Å². The van der Waals surface area contributed by atoms with E-state index in [-0.39, 0.29) is 10.6 Å². The molecular weight excluding hydrogens is 270 g/mol. The van der Waals surface area contributed by atoms with Crippen LogP contribution in [-0.2, 0) is 0 Å². The van der Waals surface area contributed by atoms with Gasteiger partial charge in [0.2, 0.25) is 0 Å². The van der Waals surface area contributed by atoms with Crippen LogP contribution in [0.1, 0.15) is 25.7 Å². The van der Waals surface area contributed by atoms with E-state index < -0.39 is 0 Å². The maximum absolute atomic E-state index is 11.2. The van der Waals surface area contributed by atoms with Crippen molar-refractivity contribution in [2.45, 2.75) is 43.8 Å². The van der Waals surface area contributed by atoms with Crippen LogP contribution in [0.3, 0.4) is 0 Å². The molecular formula is C15H21N3O3. The van der Waals surface area contributed by atoms with Gasteiger partial charge in [-0.1, -0.05) is 0 Å². The zero-order valence-electron chi connectivity index (χ0n) is 12.4. The van der Waals surface area contributed by atoms with Crippen molar-refractivity contribution in [3.8, 4) is 5.75 Å². The highest BCUT2D eigenvalue weighted by Crippen LogP contribution is 2.37. The molecule has 0 radical (unpaired) electrons. The average Bonchev–Trinajstić information content (AvgIpc) is 2.70. The minimum atomic E-state index is -0.353. The Morgan fingerprint density at radius 1 is 1.33 bits per heavy atom. The van der Waals surface area contributed by atoms with Crippen molar-refractivity contribution >= 4 is 11.4 Å². The molecule has 2 fully saturated rings. The molecule has 2 atom stereocenters. The average molecular weight is 291 g/mol. The van der Waals surface area contributed by atoms with E-state index in [4.69, 9.17) is 4.74 Å². The van der Waals surface area contributed by atoms with Gasteiger partial charge in [-0.05, 0) is 44.9 Å². The molecule has 0 spiro atoms. The van der Waals surface area contributed by atoms with Crippen molar-refractivity contribution in [3.63, 3.8) is 0 Å². The molecule has 2 saturated heterocycles. The van der Waals surface area contributed by atoms with Crippen LogP contribution in [0.15, 0.2) is 18.2 Å². The molecule has 2 heterocycles. The number of nitro groups is 1. The van der Waals surface area contributed by atoms with Gasteiger partial charge in [0.15, 0.2) is 0 Å². The molecule has 0 aliphatic carbocycles. The van der Waals surface area contributed by atoms with E-state index in [1.54, 1.807) is 12.1 Å². The molecule has 0 amide bonds. The maximum atomic E-state index is 11.2. The molecule has 2 unspecified atom stereocenters. The van der Waals surface area contributed by atoms with E-state index in [1.807, 2.05) is 0 Å². The van der Waals surface area contributed by atoms with E-state index in [1.165, 1.54) is 26.0 Å².